The molecule has 2 bridgehead atoms. The molecule has 0 saturated carbocycles. The number of fused-ring (bicyclic) bond motifs is 3. The summed E-state index contributed by atoms with van der Waals surface area (Å²) in [5.74, 6) is -8.99. The van der Waals surface area contributed by atoms with Crippen molar-refractivity contribution in [1.29, 1.82) is 0 Å². The van der Waals surface area contributed by atoms with Gasteiger partial charge in [-0.15, -0.1) is 13.0 Å². The number of hydrogen-bond donors (Lipinski definition) is 0. The van der Waals surface area contributed by atoms with E-state index < -0.39 is 242 Å². The predicted octanol–water partition coefficient (Wildman–Crippen LogP) is -15.5. The smallest absolute Gasteiger partial charge is 0.726 e. The van der Waals surface area contributed by atoms with Crippen LogP contribution >= 0.6 is 37.0 Å². The van der Waals surface area contributed by atoms with Gasteiger partial charge in [0.05, 0.1) is 51.6 Å². The molecule has 726 valence electrons. The number of carbonyl (C=O) groups is 7. The van der Waals surface area contributed by atoms with Crippen molar-refractivity contribution in [3.05, 3.63) is 0 Å². The Bertz CT molecular complexity index is 3340. The molecule has 7 aliphatic heterocycles. The number of ether oxygens (including phenoxy) is 20. The number of hydrogen-bond acceptors (Lipinski definition) is 48. The van der Waals surface area contributed by atoms with Crippen molar-refractivity contribution in [2.75, 3.05) is 61.0 Å². The van der Waals surface area contributed by atoms with Gasteiger partial charge in [-0.05, 0) is 49.4 Å². The van der Waals surface area contributed by atoms with Crippen LogP contribution < -0.4 is 203 Å². The van der Waals surface area contributed by atoms with E-state index in [9.17, 15) is 72.5 Å². The fraction of sp³-hybridized carbons (Fsp3) is 0.908. The standard InChI is InChI=1S/C76H128O45S4.6Na/c1-16-22-27-32-46(77)102-51-45(39-98-125(89,90)91)101-67(60(105-49(80)35-30-25-19-4)54(51)103-47(78)33-28-23-17-2)109-64-58(93-14)61(106-50(81)36-31-26-20-5)70(111-75(64,21-6)71(82)83)108-53-44(38-96-41-74(10,11)12)100-68(63(115-124-121-118-88)56(53)113-122-119-116-86)110-65-57(92-13)59-69(112-76(65,42-97-59)72(84)85)107-52-43(37-95-40-73(7,8)9)99-66(94-15)62(114-123-120-117-87)55(52)104-48(79)34-29-24-18-3;;;;;;/h43-45,51-70,86-88H,16-42H2,1-15H3,(H,82,83)(H,84,85)(H,89,90,91);;;;;;/q;6*+1/p-6/t43?,44?,45?,51-,52-,53-,54+,55+,56+,57-,58-,59?,60?,61?,62?,63?,64+,65+,66+,67+,68+,69-,70-,75?,76?;;;;;;/m1....../s1. The van der Waals surface area contributed by atoms with E-state index in [0.29, 0.717) is 70.6 Å². The van der Waals surface area contributed by atoms with Crippen molar-refractivity contribution >= 4 is 89.2 Å². The second-order valence-electron chi connectivity index (χ2n) is 32.7. The summed E-state index contributed by atoms with van der Waals surface area (Å²) in [5.41, 5.74) is -7.13. The Kier molecular flexibility index (Phi) is 69.6. The van der Waals surface area contributed by atoms with Gasteiger partial charge in [0, 0.05) is 53.4 Å². The van der Waals surface area contributed by atoms with Crippen molar-refractivity contribution in [3.8, 4) is 0 Å². The molecular weight excluding hydrogens is 1900 g/mol. The van der Waals surface area contributed by atoms with Crippen molar-refractivity contribution < 1.29 is 389 Å². The summed E-state index contributed by atoms with van der Waals surface area (Å²) in [6.45, 7) is 18.2. The van der Waals surface area contributed by atoms with Gasteiger partial charge in [0.25, 0.3) is 0 Å². The number of carbonyl (C=O) groups excluding carboxylic acids is 7. The minimum atomic E-state index is -5.68. The Balaban J connectivity index is 0.0000282. The maximum atomic E-state index is 14.7. The number of carboxylic acid groups (broad SMARTS) is 2. The number of unbranched alkanes of at least 4 members (excludes halogenated alkanes) is 10. The van der Waals surface area contributed by atoms with Gasteiger partial charge in [0.1, 0.15) is 72.7 Å². The number of esters is 5. The zero-order chi connectivity index (χ0) is 92.2. The van der Waals surface area contributed by atoms with Crippen LogP contribution in [0.25, 0.3) is 0 Å². The van der Waals surface area contributed by atoms with E-state index in [1.807, 2.05) is 55.4 Å². The maximum absolute atomic E-state index is 14.7. The molecule has 55 heteroatoms. The largest absolute Gasteiger partial charge is 1.00 e. The van der Waals surface area contributed by atoms with Crippen molar-refractivity contribution in [3.63, 3.8) is 0 Å². The first kappa shape index (κ1) is 133. The van der Waals surface area contributed by atoms with Gasteiger partial charge in [-0.3, -0.25) is 55.8 Å². The summed E-state index contributed by atoms with van der Waals surface area (Å²) >= 11 is -0.449. The molecule has 10 unspecified atom stereocenters. The van der Waals surface area contributed by atoms with Gasteiger partial charge >= 0.3 is 207 Å². The molecular formula is C76H122Na6O45S4. The molecule has 0 aromatic heterocycles. The molecule has 0 amide bonds. The Morgan fingerprint density at radius 1 is 0.397 bits per heavy atom. The Labute approximate surface area is 910 Å². The van der Waals surface area contributed by atoms with Gasteiger partial charge < -0.3 is 135 Å². The second kappa shape index (κ2) is 68.5. The van der Waals surface area contributed by atoms with Crippen LogP contribution in [0.15, 0.2) is 0 Å². The molecule has 7 fully saturated rings. The molecule has 0 radical (unpaired) electrons. The summed E-state index contributed by atoms with van der Waals surface area (Å²) in [7, 11) is -2.33. The summed E-state index contributed by atoms with van der Waals surface area (Å²) in [6, 6.07) is 0. The molecule has 131 heavy (non-hydrogen) atoms. The minimum absolute atomic E-state index is 0. The Morgan fingerprint density at radius 3 is 1.14 bits per heavy atom. The van der Waals surface area contributed by atoms with Crippen molar-refractivity contribution in [2.24, 2.45) is 10.8 Å². The van der Waals surface area contributed by atoms with Crippen molar-refractivity contribution in [2.45, 2.75) is 370 Å². The van der Waals surface area contributed by atoms with E-state index in [0.717, 1.165) is 14.2 Å². The van der Waals surface area contributed by atoms with Gasteiger partial charge in [-0.2, -0.15) is 0 Å². The summed E-state index contributed by atoms with van der Waals surface area (Å²) in [6.07, 6.45) is -40.1. The fourth-order valence-corrected chi connectivity index (χ4v) is 16.0. The molecule has 0 spiro atoms. The number of methoxy groups -OCH3 is 3. The molecule has 7 heterocycles. The van der Waals surface area contributed by atoms with Gasteiger partial charge in [0.2, 0.25) is 10.4 Å². The maximum Gasteiger partial charge on any atom is 1.00 e. The molecule has 7 rings (SSSR count). The third-order valence-corrected chi connectivity index (χ3v) is 22.3. The Hall–Kier alpha value is 2.13. The van der Waals surface area contributed by atoms with Crippen LogP contribution in [0.4, 0.5) is 0 Å². The first-order valence-corrected chi connectivity index (χ1v) is 45.0. The molecule has 7 aliphatic rings. The van der Waals surface area contributed by atoms with E-state index in [2.05, 4.69) is 28.1 Å². The number of rotatable bonds is 60. The van der Waals surface area contributed by atoms with Gasteiger partial charge in [-0.25, -0.2) is 8.42 Å². The van der Waals surface area contributed by atoms with Crippen LogP contribution in [0.3, 0.4) is 0 Å². The first-order valence-electron chi connectivity index (χ1n) is 41.7. The monoisotopic (exact) mass is 2020 g/mol. The van der Waals surface area contributed by atoms with E-state index in [4.69, 9.17) is 111 Å². The van der Waals surface area contributed by atoms with Crippen molar-refractivity contribution in [1.82, 2.24) is 0 Å². The van der Waals surface area contributed by atoms with E-state index in [1.54, 1.807) is 20.8 Å². The van der Waals surface area contributed by atoms with Crippen LogP contribution in [0.5, 0.6) is 0 Å². The number of aliphatic carboxylic acids is 2. The molecule has 0 aliphatic carbocycles. The summed E-state index contributed by atoms with van der Waals surface area (Å²) in [4.78, 5) is 100.0. The predicted molar refractivity (Wildman–Crippen MR) is 410 cm³/mol. The van der Waals surface area contributed by atoms with E-state index >= 15 is 0 Å². The molecule has 7 saturated heterocycles. The molecule has 45 nitrogen and oxygen atoms in total. The van der Waals surface area contributed by atoms with Crippen LogP contribution in [0.1, 0.15) is 218 Å². The quantitative estimate of drug-likeness (QED) is 0.00628. The van der Waals surface area contributed by atoms with Crippen LogP contribution in [0, 0.1) is 10.8 Å². The molecule has 25 atom stereocenters. The topological polar surface area (TPSA) is 569 Å². The van der Waals surface area contributed by atoms with Crippen LogP contribution in [-0.2, 0) is 184 Å². The number of carboxylic acids is 2. The summed E-state index contributed by atoms with van der Waals surface area (Å²) < 4.78 is 201. The third kappa shape index (κ3) is 41.9. The summed E-state index contributed by atoms with van der Waals surface area (Å²) in [5, 5.41) is 74.5. The Morgan fingerprint density at radius 2 is 0.756 bits per heavy atom. The fourth-order valence-electron chi connectivity index (χ4n) is 14.6. The molecule has 0 aromatic carbocycles. The minimum Gasteiger partial charge on any atom is -0.726 e. The van der Waals surface area contributed by atoms with Gasteiger partial charge in [-0.1, -0.05) is 147 Å². The van der Waals surface area contributed by atoms with E-state index in [1.165, 1.54) is 14.0 Å². The van der Waals surface area contributed by atoms with Crippen LogP contribution in [-0.4, -0.2) is 268 Å². The van der Waals surface area contributed by atoms with Gasteiger partial charge in [0.15, 0.2) is 117 Å². The zero-order valence-electron chi connectivity index (χ0n) is 78.9. The second-order valence-corrected chi connectivity index (χ2v) is 35.2. The molecule has 0 aromatic rings. The average molecular weight is 2020 g/mol. The van der Waals surface area contributed by atoms with Crippen LogP contribution in [0.2, 0.25) is 0 Å². The molecule has 0 N–H and O–H groups in total. The normalized spacial score (nSPS) is 30.5. The SMILES string of the molecule is CCCCCC(=O)OC1[C@H](O[C@H]2[C@H](OC)C(OC(=O)CCCCC)[C@H](O[C@@H]3C(COCC(C)(C)C)O[C@@H](O[C@H]4[C@H](OC)C5OCC4(C(=O)[O-])O[C@H]5O[C@@H]4C(COCC(C)(C)C)O[C@H](OC)C(OSOO[O-])[C@H]4OC(=O)CCCCC)C(OSOO[O-])[C@H]3OSOO[O-])OC2(CC)C(=O)[O-])OC(COS(=O)(=O)[O-])[C@@H](OC(=O)CCCCC)[C@@H]1OC(=O)CCCCC.[Na+].[Na+].[Na+].[Na+].[Na+].[Na+]. The average Bonchev–Trinajstić information content (AvgIpc) is 0.714. The van der Waals surface area contributed by atoms with E-state index in [-0.39, 0.29) is 292 Å². The third-order valence-electron chi connectivity index (χ3n) is 20.6. The first-order chi connectivity index (χ1) is 59.5. The zero-order valence-corrected chi connectivity index (χ0v) is 94.1.